The molecule has 0 bridgehead atoms. The number of ether oxygens (including phenoxy) is 1. The van der Waals surface area contributed by atoms with E-state index >= 15 is 0 Å². The largest absolute Gasteiger partial charge is 0.507 e. The van der Waals surface area contributed by atoms with Crippen molar-refractivity contribution in [2.75, 3.05) is 13.7 Å². The number of benzene rings is 1. The summed E-state index contributed by atoms with van der Waals surface area (Å²) in [6.45, 7) is 6.99. The van der Waals surface area contributed by atoms with Gasteiger partial charge in [-0.25, -0.2) is 0 Å². The highest BCUT2D eigenvalue weighted by atomic mass is 79.9. The summed E-state index contributed by atoms with van der Waals surface area (Å²) in [5, 5.41) is 10.2. The maximum atomic E-state index is 12.8. The molecule has 6 heteroatoms. The van der Waals surface area contributed by atoms with E-state index in [2.05, 4.69) is 42.8 Å². The zero-order valence-corrected chi connectivity index (χ0v) is 20.8. The predicted octanol–water partition coefficient (Wildman–Crippen LogP) is 5.33. The molecule has 2 heterocycles. The van der Waals surface area contributed by atoms with Crippen molar-refractivity contribution in [3.63, 3.8) is 0 Å². The summed E-state index contributed by atoms with van der Waals surface area (Å²) in [5.74, 6) is 0.0286. The topological polar surface area (TPSA) is 66.8 Å². The molecule has 4 atom stereocenters. The molecule has 1 aromatic carbocycles. The fourth-order valence-electron chi connectivity index (χ4n) is 5.64. The van der Waals surface area contributed by atoms with Crippen molar-refractivity contribution < 1.29 is 19.4 Å². The molecule has 32 heavy (non-hydrogen) atoms. The minimum Gasteiger partial charge on any atom is -0.507 e. The van der Waals surface area contributed by atoms with Gasteiger partial charge in [0.25, 0.3) is 0 Å². The van der Waals surface area contributed by atoms with Gasteiger partial charge in [-0.2, -0.15) is 0 Å². The number of rotatable bonds is 6. The van der Waals surface area contributed by atoms with Gasteiger partial charge < -0.3 is 9.84 Å². The number of halogens is 1. The number of hydrogen-bond acceptors (Lipinski definition) is 4. The molecule has 0 radical (unpaired) electrons. The number of fused-ring (bicyclic) bond motifs is 3. The number of carbonyl (C=O) groups is 2. The molecule has 0 aromatic heterocycles. The predicted molar refractivity (Wildman–Crippen MR) is 128 cm³/mol. The number of nitrogens with zero attached hydrogens (tertiary/aromatic N) is 1. The number of amides is 2. The highest BCUT2D eigenvalue weighted by Crippen LogP contribution is 2.51. The number of allylic oxidation sites excluding steroid dienone is 2. The fraction of sp³-hybridized carbons (Fsp3) is 0.538. The normalized spacial score (nSPS) is 28.1. The van der Waals surface area contributed by atoms with Crippen molar-refractivity contribution >= 4 is 33.8 Å². The number of likely N-dealkylation sites (tertiary alicyclic amines) is 1. The van der Waals surface area contributed by atoms with Crippen LogP contribution in [0.25, 0.3) is 6.08 Å². The molecule has 1 aliphatic carbocycles. The second-order valence-corrected chi connectivity index (χ2v) is 10.4. The minimum absolute atomic E-state index is 0.0146. The molecule has 2 fully saturated rings. The molecule has 1 N–H and O–H groups in total. The zero-order chi connectivity index (χ0) is 23.2. The Kier molecular flexibility index (Phi) is 6.64. The molecular formula is C26H32BrNO4. The van der Waals surface area contributed by atoms with E-state index in [1.807, 2.05) is 12.1 Å². The van der Waals surface area contributed by atoms with Crippen LogP contribution in [-0.2, 0) is 14.3 Å². The zero-order valence-electron chi connectivity index (χ0n) is 19.2. The summed E-state index contributed by atoms with van der Waals surface area (Å²) in [6, 6.07) is 5.45. The maximum absolute atomic E-state index is 12.8. The molecule has 2 amide bonds. The third kappa shape index (κ3) is 4.08. The van der Waals surface area contributed by atoms with Gasteiger partial charge in [-0.3, -0.25) is 14.5 Å². The first-order chi connectivity index (χ1) is 15.2. The standard InChI is InChI=1S/C26H32BrNO4/c1-5-15(10-16-11-17(27)7-8-21(16)29)6-9-22-23-18(14(2)3)12-19-24(20(23)13-32-22)26(31)28(4)25(19)30/h7-8,10-11,14,19-20,22,24,29H,5-6,9,12-13H2,1-4H3/b15-10+/t19-,20+,22-,24-/m1/s1. The van der Waals surface area contributed by atoms with Gasteiger partial charge in [0, 0.05) is 23.0 Å². The van der Waals surface area contributed by atoms with Crippen molar-refractivity contribution in [2.45, 2.75) is 52.6 Å². The third-order valence-electron chi connectivity index (χ3n) is 7.39. The first kappa shape index (κ1) is 23.2. The summed E-state index contributed by atoms with van der Waals surface area (Å²) < 4.78 is 7.20. The Morgan fingerprint density at radius 1 is 1.28 bits per heavy atom. The second-order valence-electron chi connectivity index (χ2n) is 9.53. The molecule has 2 aliphatic heterocycles. The molecule has 1 aromatic rings. The second kappa shape index (κ2) is 9.14. The van der Waals surface area contributed by atoms with Gasteiger partial charge in [-0.1, -0.05) is 53.9 Å². The van der Waals surface area contributed by atoms with Gasteiger partial charge >= 0.3 is 0 Å². The van der Waals surface area contributed by atoms with Crippen LogP contribution in [-0.4, -0.2) is 41.6 Å². The van der Waals surface area contributed by atoms with Crippen molar-refractivity contribution in [1.29, 1.82) is 0 Å². The van der Waals surface area contributed by atoms with E-state index in [0.717, 1.165) is 29.3 Å². The molecule has 172 valence electrons. The number of phenolic OH excluding ortho intramolecular Hbond substituents is 1. The van der Waals surface area contributed by atoms with E-state index in [1.165, 1.54) is 21.6 Å². The number of phenols is 1. The van der Waals surface area contributed by atoms with Crippen LogP contribution in [0.4, 0.5) is 0 Å². The van der Waals surface area contributed by atoms with E-state index in [0.29, 0.717) is 18.9 Å². The van der Waals surface area contributed by atoms with E-state index in [-0.39, 0.29) is 41.4 Å². The number of carbonyl (C=O) groups excluding carboxylic acids is 2. The number of hydrogen-bond donors (Lipinski definition) is 1. The van der Waals surface area contributed by atoms with Crippen molar-refractivity contribution in [3.05, 3.63) is 45.0 Å². The molecule has 3 aliphatic rings. The van der Waals surface area contributed by atoms with E-state index in [9.17, 15) is 14.7 Å². The average molecular weight is 502 g/mol. The van der Waals surface area contributed by atoms with Crippen molar-refractivity contribution in [2.24, 2.45) is 23.7 Å². The Hall–Kier alpha value is -1.92. The van der Waals surface area contributed by atoms with Gasteiger partial charge in [0.1, 0.15) is 5.75 Å². The molecular weight excluding hydrogens is 470 g/mol. The van der Waals surface area contributed by atoms with Gasteiger partial charge in [-0.15, -0.1) is 0 Å². The Labute approximate surface area is 198 Å². The van der Waals surface area contributed by atoms with Crippen LogP contribution >= 0.6 is 15.9 Å². The minimum atomic E-state index is -0.269. The lowest BCUT2D eigenvalue weighted by molar-refractivity contribution is -0.138. The van der Waals surface area contributed by atoms with E-state index < -0.39 is 0 Å². The summed E-state index contributed by atoms with van der Waals surface area (Å²) in [7, 11) is 1.61. The highest BCUT2D eigenvalue weighted by Gasteiger charge is 2.56. The third-order valence-corrected chi connectivity index (χ3v) is 7.89. The van der Waals surface area contributed by atoms with Crippen LogP contribution in [0.1, 0.15) is 52.0 Å². The Morgan fingerprint density at radius 2 is 2.03 bits per heavy atom. The van der Waals surface area contributed by atoms with Gasteiger partial charge in [0.15, 0.2) is 0 Å². The van der Waals surface area contributed by atoms with Crippen LogP contribution in [0, 0.1) is 23.7 Å². The summed E-state index contributed by atoms with van der Waals surface area (Å²) in [4.78, 5) is 26.8. The van der Waals surface area contributed by atoms with Crippen molar-refractivity contribution in [1.82, 2.24) is 4.90 Å². The monoisotopic (exact) mass is 501 g/mol. The molecule has 0 spiro atoms. The van der Waals surface area contributed by atoms with Crippen molar-refractivity contribution in [3.8, 4) is 5.75 Å². The quantitative estimate of drug-likeness (QED) is 0.422. The van der Waals surface area contributed by atoms with Crippen LogP contribution in [0.3, 0.4) is 0 Å². The summed E-state index contributed by atoms with van der Waals surface area (Å²) in [6.07, 6.45) is 5.31. The maximum Gasteiger partial charge on any atom is 0.233 e. The van der Waals surface area contributed by atoms with Crippen LogP contribution in [0.2, 0.25) is 0 Å². The Balaban J connectivity index is 1.57. The van der Waals surface area contributed by atoms with Gasteiger partial charge in [0.2, 0.25) is 11.8 Å². The smallest absolute Gasteiger partial charge is 0.233 e. The highest BCUT2D eigenvalue weighted by molar-refractivity contribution is 9.10. The first-order valence-electron chi connectivity index (χ1n) is 11.6. The molecule has 4 rings (SSSR count). The summed E-state index contributed by atoms with van der Waals surface area (Å²) >= 11 is 3.47. The van der Waals surface area contributed by atoms with Crippen LogP contribution in [0.5, 0.6) is 5.75 Å². The lowest BCUT2D eigenvalue weighted by Crippen LogP contribution is -2.34. The number of imide groups is 1. The van der Waals surface area contributed by atoms with Crippen LogP contribution < -0.4 is 0 Å². The fourth-order valence-corrected chi connectivity index (χ4v) is 6.02. The Bertz CT molecular complexity index is 996. The lowest BCUT2D eigenvalue weighted by atomic mass is 9.67. The molecule has 0 unspecified atom stereocenters. The molecule has 2 saturated heterocycles. The average Bonchev–Trinajstić information content (AvgIpc) is 3.28. The lowest BCUT2D eigenvalue weighted by Gasteiger charge is -2.33. The SMILES string of the molecule is CC/C(=C\c1cc(Br)ccc1O)CC[C@H]1OC[C@H]2C1=C(C(C)C)C[C@H]1C(=O)N(C)C(=O)[C@H]12. The summed E-state index contributed by atoms with van der Waals surface area (Å²) in [5.41, 5.74) is 4.64. The van der Waals surface area contributed by atoms with Crippen LogP contribution in [0.15, 0.2) is 39.4 Å². The van der Waals surface area contributed by atoms with Gasteiger partial charge in [-0.05, 0) is 55.4 Å². The molecule has 5 nitrogen and oxygen atoms in total. The first-order valence-corrected chi connectivity index (χ1v) is 12.4. The van der Waals surface area contributed by atoms with Gasteiger partial charge in [0.05, 0.1) is 24.5 Å². The van der Waals surface area contributed by atoms with E-state index in [1.54, 1.807) is 13.1 Å². The number of aromatic hydroxyl groups is 1. The van der Waals surface area contributed by atoms with E-state index in [4.69, 9.17) is 4.74 Å². The Morgan fingerprint density at radius 3 is 2.72 bits per heavy atom. The molecule has 0 saturated carbocycles.